The van der Waals surface area contributed by atoms with Crippen molar-refractivity contribution < 1.29 is 18.3 Å². The third kappa shape index (κ3) is 5.37. The Morgan fingerprint density at radius 1 is 1.20 bits per heavy atom. The molecule has 0 saturated carbocycles. The number of ether oxygens (including phenoxy) is 1. The molecule has 5 nitrogen and oxygen atoms in total. The molecule has 0 aliphatic heterocycles. The summed E-state index contributed by atoms with van der Waals surface area (Å²) < 4.78 is 29.7. The third-order valence-corrected chi connectivity index (χ3v) is 4.80. The summed E-state index contributed by atoms with van der Waals surface area (Å²) in [4.78, 5) is 11.5. The monoisotopic (exact) mass is 380 g/mol. The molecule has 2 atom stereocenters. The Morgan fingerprint density at radius 3 is 2.36 bits per heavy atom. The first kappa shape index (κ1) is 19.6. The molecule has 134 valence electrons. The van der Waals surface area contributed by atoms with Crippen LogP contribution in [-0.2, 0) is 22.5 Å². The van der Waals surface area contributed by atoms with Crippen molar-refractivity contribution in [2.45, 2.75) is 19.0 Å². The summed E-state index contributed by atoms with van der Waals surface area (Å²) in [7, 11) is 1.31. The number of hydrogen-bond donors (Lipinski definition) is 0. The second-order valence-electron chi connectivity index (χ2n) is 5.38. The molecule has 0 N–H and O–H groups in total. The van der Waals surface area contributed by atoms with Gasteiger partial charge in [0.05, 0.1) is 12.7 Å². The fourth-order valence-electron chi connectivity index (χ4n) is 2.57. The average molecular weight is 381 g/mol. The Labute approximate surface area is 155 Å². The molecule has 0 saturated heterocycles. The molecule has 0 amide bonds. The van der Waals surface area contributed by atoms with Crippen molar-refractivity contribution in [3.63, 3.8) is 0 Å². The first-order valence-electron chi connectivity index (χ1n) is 7.71. The summed E-state index contributed by atoms with van der Waals surface area (Å²) in [6.07, 6.45) is 0.500. The van der Waals surface area contributed by atoms with Gasteiger partial charge < -0.3 is 9.29 Å². The number of carbonyl (C=O) groups is 1. The Balaban J connectivity index is 2.24. The van der Waals surface area contributed by atoms with E-state index in [9.17, 15) is 13.6 Å². The van der Waals surface area contributed by atoms with Crippen molar-refractivity contribution in [2.75, 3.05) is 13.0 Å². The molecule has 0 spiro atoms. The van der Waals surface area contributed by atoms with Gasteiger partial charge in [0, 0.05) is 29.7 Å². The topological polar surface area (TPSA) is 69.7 Å². The van der Waals surface area contributed by atoms with E-state index >= 15 is 0 Å². The SMILES string of the molecule is COC(=O)c1ccc(CN(C(CCCl)c2ccccc2)S(=O)[O-])cc1. The summed E-state index contributed by atoms with van der Waals surface area (Å²) >= 11 is 3.47. The summed E-state index contributed by atoms with van der Waals surface area (Å²) in [5, 5.41) is 0. The van der Waals surface area contributed by atoms with Crippen molar-refractivity contribution >= 4 is 28.8 Å². The highest BCUT2D eigenvalue weighted by atomic mass is 35.5. The first-order chi connectivity index (χ1) is 12.1. The van der Waals surface area contributed by atoms with Gasteiger partial charge in [0.15, 0.2) is 0 Å². The molecule has 0 aliphatic rings. The molecule has 0 fully saturated rings. The lowest BCUT2D eigenvalue weighted by Crippen LogP contribution is -2.30. The van der Waals surface area contributed by atoms with Gasteiger partial charge in [0.2, 0.25) is 0 Å². The zero-order valence-electron chi connectivity index (χ0n) is 13.8. The number of esters is 1. The van der Waals surface area contributed by atoms with E-state index in [0.29, 0.717) is 17.9 Å². The maximum absolute atomic E-state index is 11.8. The highest BCUT2D eigenvalue weighted by Crippen LogP contribution is 2.27. The number of alkyl halides is 1. The number of hydrogen-bond acceptors (Lipinski definition) is 4. The van der Waals surface area contributed by atoms with Crippen LogP contribution in [0.5, 0.6) is 0 Å². The van der Waals surface area contributed by atoms with E-state index < -0.39 is 17.2 Å². The molecule has 2 aromatic rings. The minimum atomic E-state index is -2.42. The lowest BCUT2D eigenvalue weighted by molar-refractivity contribution is 0.0600. The van der Waals surface area contributed by atoms with E-state index in [4.69, 9.17) is 11.6 Å². The summed E-state index contributed by atoms with van der Waals surface area (Å²) in [6, 6.07) is 15.7. The summed E-state index contributed by atoms with van der Waals surface area (Å²) in [5.74, 6) is -0.0886. The standard InChI is InChI=1S/C18H20ClNO4S/c1-24-18(21)16-9-7-14(8-10-16)13-20(25(22)23)17(11-12-19)15-5-3-2-4-6-15/h2-10,17H,11-13H2,1H3,(H,22,23)/p-1. The minimum Gasteiger partial charge on any atom is -0.760 e. The van der Waals surface area contributed by atoms with Crippen molar-refractivity contribution in [1.29, 1.82) is 0 Å². The van der Waals surface area contributed by atoms with Crippen LogP contribution >= 0.6 is 11.6 Å². The molecule has 7 heteroatoms. The first-order valence-corrected chi connectivity index (χ1v) is 9.27. The van der Waals surface area contributed by atoms with Gasteiger partial charge >= 0.3 is 5.97 Å². The number of halogens is 1. The highest BCUT2D eigenvalue weighted by molar-refractivity contribution is 7.76. The Morgan fingerprint density at radius 2 is 1.84 bits per heavy atom. The maximum atomic E-state index is 11.8. The molecule has 2 rings (SSSR count). The molecule has 0 aliphatic carbocycles. The zero-order chi connectivity index (χ0) is 18.2. The fraction of sp³-hybridized carbons (Fsp3) is 0.278. The van der Waals surface area contributed by atoms with Crippen molar-refractivity contribution in [1.82, 2.24) is 4.31 Å². The van der Waals surface area contributed by atoms with Crippen LogP contribution in [0.1, 0.15) is 33.9 Å². The van der Waals surface area contributed by atoms with E-state index in [-0.39, 0.29) is 12.6 Å². The molecular formula is C18H19ClNO4S-. The van der Waals surface area contributed by atoms with E-state index in [0.717, 1.165) is 11.1 Å². The van der Waals surface area contributed by atoms with Gasteiger partial charge in [-0.2, -0.15) is 0 Å². The lowest BCUT2D eigenvalue weighted by atomic mass is 10.0. The van der Waals surface area contributed by atoms with Gasteiger partial charge in [-0.05, 0) is 29.7 Å². The number of nitrogens with zero attached hydrogens (tertiary/aromatic N) is 1. The average Bonchev–Trinajstić information content (AvgIpc) is 2.65. The number of benzene rings is 2. The van der Waals surface area contributed by atoms with Gasteiger partial charge in [0.25, 0.3) is 0 Å². The molecule has 0 heterocycles. The molecule has 0 aromatic heterocycles. The van der Waals surface area contributed by atoms with Gasteiger partial charge in [-0.1, -0.05) is 42.5 Å². The predicted octanol–water partition coefficient (Wildman–Crippen LogP) is 3.44. The van der Waals surface area contributed by atoms with Crippen LogP contribution in [0.4, 0.5) is 0 Å². The second kappa shape index (κ2) is 9.68. The van der Waals surface area contributed by atoms with Crippen LogP contribution in [0.2, 0.25) is 0 Å². The number of methoxy groups -OCH3 is 1. The maximum Gasteiger partial charge on any atom is 0.337 e. The molecular weight excluding hydrogens is 362 g/mol. The van der Waals surface area contributed by atoms with Gasteiger partial charge in [-0.25, -0.2) is 9.10 Å². The molecule has 2 aromatic carbocycles. The number of carbonyl (C=O) groups excluding carboxylic acids is 1. The normalized spacial score (nSPS) is 13.4. The van der Waals surface area contributed by atoms with Crippen molar-refractivity contribution in [3.8, 4) is 0 Å². The predicted molar refractivity (Wildman–Crippen MR) is 96.8 cm³/mol. The Bertz CT molecular complexity index is 709. The second-order valence-corrected chi connectivity index (χ2v) is 6.67. The largest absolute Gasteiger partial charge is 0.760 e. The van der Waals surface area contributed by atoms with Crippen LogP contribution < -0.4 is 0 Å². The smallest absolute Gasteiger partial charge is 0.337 e. The van der Waals surface area contributed by atoms with Crippen molar-refractivity contribution in [3.05, 3.63) is 71.3 Å². The highest BCUT2D eigenvalue weighted by Gasteiger charge is 2.21. The minimum absolute atomic E-state index is 0.189. The summed E-state index contributed by atoms with van der Waals surface area (Å²) in [6.45, 7) is 0.189. The molecule has 25 heavy (non-hydrogen) atoms. The van der Waals surface area contributed by atoms with E-state index in [1.165, 1.54) is 11.4 Å². The fourth-order valence-corrected chi connectivity index (χ4v) is 3.46. The Hall–Kier alpha value is -1.73. The van der Waals surface area contributed by atoms with Crippen molar-refractivity contribution in [2.24, 2.45) is 0 Å². The lowest BCUT2D eigenvalue weighted by Gasteiger charge is -2.33. The van der Waals surface area contributed by atoms with Gasteiger partial charge in [-0.3, -0.25) is 4.21 Å². The quantitative estimate of drug-likeness (QED) is 0.399. The Kier molecular flexibility index (Phi) is 7.58. The van der Waals surface area contributed by atoms with Crippen LogP contribution in [0.15, 0.2) is 54.6 Å². The van der Waals surface area contributed by atoms with E-state index in [1.54, 1.807) is 24.3 Å². The molecule has 0 radical (unpaired) electrons. The third-order valence-electron chi connectivity index (χ3n) is 3.82. The molecule has 0 bridgehead atoms. The van der Waals surface area contributed by atoms with Gasteiger partial charge in [0.1, 0.15) is 0 Å². The summed E-state index contributed by atoms with van der Waals surface area (Å²) in [5.41, 5.74) is 2.08. The molecule has 2 unspecified atom stereocenters. The van der Waals surface area contributed by atoms with Gasteiger partial charge in [-0.15, -0.1) is 11.6 Å². The van der Waals surface area contributed by atoms with E-state index in [1.807, 2.05) is 30.3 Å². The van der Waals surface area contributed by atoms with Crippen LogP contribution in [0, 0.1) is 0 Å². The van der Waals surface area contributed by atoms with Crippen LogP contribution in [0.3, 0.4) is 0 Å². The number of rotatable bonds is 8. The van der Waals surface area contributed by atoms with Crippen LogP contribution in [-0.4, -0.2) is 32.0 Å². The van der Waals surface area contributed by atoms with E-state index in [2.05, 4.69) is 4.74 Å². The van der Waals surface area contributed by atoms with Crippen LogP contribution in [0.25, 0.3) is 0 Å². The zero-order valence-corrected chi connectivity index (χ0v) is 15.3.